The molecule has 7 heteroatoms. The molecule has 0 saturated carbocycles. The summed E-state index contributed by atoms with van der Waals surface area (Å²) >= 11 is 0. The molecule has 1 N–H and O–H groups in total. The van der Waals surface area contributed by atoms with Gasteiger partial charge in [0, 0.05) is 12.7 Å². The summed E-state index contributed by atoms with van der Waals surface area (Å²) in [6, 6.07) is 12.4. The SMILES string of the molecule is COCCOC(O)c1ccc(-c2ccc(OC(F)(F)F)cc2)cc1. The molecule has 0 aliphatic rings. The number of benzene rings is 2. The van der Waals surface area contributed by atoms with Crippen LogP contribution < -0.4 is 4.74 Å². The quantitative estimate of drug-likeness (QED) is 0.612. The van der Waals surface area contributed by atoms with Crippen molar-refractivity contribution < 1.29 is 32.5 Å². The average Bonchev–Trinajstić information content (AvgIpc) is 2.54. The highest BCUT2D eigenvalue weighted by atomic mass is 19.4. The molecule has 0 fully saturated rings. The van der Waals surface area contributed by atoms with Gasteiger partial charge in [-0.25, -0.2) is 0 Å². The lowest BCUT2D eigenvalue weighted by Crippen LogP contribution is -2.16. The molecule has 1 atom stereocenters. The lowest BCUT2D eigenvalue weighted by Gasteiger charge is -2.13. The predicted octanol–water partition coefficient (Wildman–Crippen LogP) is 3.91. The third-order valence-electron chi connectivity index (χ3n) is 3.18. The molecule has 2 rings (SSSR count). The van der Waals surface area contributed by atoms with Crippen LogP contribution in [0.3, 0.4) is 0 Å². The highest BCUT2D eigenvalue weighted by Crippen LogP contribution is 2.27. The van der Waals surface area contributed by atoms with E-state index >= 15 is 0 Å². The molecule has 4 nitrogen and oxygen atoms in total. The van der Waals surface area contributed by atoms with Gasteiger partial charge < -0.3 is 19.3 Å². The Bertz CT molecular complexity index is 624. The van der Waals surface area contributed by atoms with Crippen molar-refractivity contribution in [2.45, 2.75) is 12.7 Å². The number of hydrogen-bond acceptors (Lipinski definition) is 4. The van der Waals surface area contributed by atoms with E-state index in [1.54, 1.807) is 24.3 Å². The summed E-state index contributed by atoms with van der Waals surface area (Å²) in [5.74, 6) is -0.273. The zero-order chi connectivity index (χ0) is 17.6. The Kier molecular flexibility index (Phi) is 6.19. The van der Waals surface area contributed by atoms with Gasteiger partial charge in [0.25, 0.3) is 0 Å². The van der Waals surface area contributed by atoms with E-state index in [9.17, 15) is 18.3 Å². The lowest BCUT2D eigenvalue weighted by molar-refractivity contribution is -0.274. The van der Waals surface area contributed by atoms with E-state index in [1.165, 1.54) is 31.4 Å². The van der Waals surface area contributed by atoms with E-state index in [0.717, 1.165) is 11.1 Å². The lowest BCUT2D eigenvalue weighted by atomic mass is 10.0. The van der Waals surface area contributed by atoms with Crippen molar-refractivity contribution in [1.82, 2.24) is 0 Å². The van der Waals surface area contributed by atoms with Crippen molar-refractivity contribution in [2.24, 2.45) is 0 Å². The van der Waals surface area contributed by atoms with E-state index in [-0.39, 0.29) is 12.4 Å². The predicted molar refractivity (Wildman–Crippen MR) is 81.3 cm³/mol. The highest BCUT2D eigenvalue weighted by molar-refractivity contribution is 5.64. The molecule has 0 spiro atoms. The van der Waals surface area contributed by atoms with Crippen LogP contribution in [-0.4, -0.2) is 31.8 Å². The van der Waals surface area contributed by atoms with E-state index in [2.05, 4.69) is 4.74 Å². The monoisotopic (exact) mass is 342 g/mol. The minimum Gasteiger partial charge on any atom is -0.406 e. The van der Waals surface area contributed by atoms with E-state index in [1.807, 2.05) is 0 Å². The summed E-state index contributed by atoms with van der Waals surface area (Å²) in [7, 11) is 1.54. The molecule has 0 amide bonds. The van der Waals surface area contributed by atoms with Gasteiger partial charge in [-0.3, -0.25) is 0 Å². The van der Waals surface area contributed by atoms with Crippen molar-refractivity contribution in [3.05, 3.63) is 54.1 Å². The maximum atomic E-state index is 12.1. The Morgan fingerprint density at radius 3 is 1.96 bits per heavy atom. The number of hydrogen-bond donors (Lipinski definition) is 1. The van der Waals surface area contributed by atoms with Gasteiger partial charge in [0.15, 0.2) is 6.29 Å². The van der Waals surface area contributed by atoms with Crippen LogP contribution in [0.4, 0.5) is 13.2 Å². The van der Waals surface area contributed by atoms with Crippen LogP contribution in [0, 0.1) is 0 Å². The maximum absolute atomic E-state index is 12.1. The largest absolute Gasteiger partial charge is 0.573 e. The van der Waals surface area contributed by atoms with Gasteiger partial charge in [-0.15, -0.1) is 13.2 Å². The Hall–Kier alpha value is -2.09. The molecule has 130 valence electrons. The zero-order valence-electron chi connectivity index (χ0n) is 12.9. The number of rotatable bonds is 7. The minimum absolute atomic E-state index is 0.264. The first kappa shape index (κ1) is 18.3. The van der Waals surface area contributed by atoms with Crippen LogP contribution in [0.25, 0.3) is 11.1 Å². The molecule has 0 radical (unpaired) electrons. The van der Waals surface area contributed by atoms with Crippen molar-refractivity contribution in [1.29, 1.82) is 0 Å². The first-order chi connectivity index (χ1) is 11.4. The first-order valence-electron chi connectivity index (χ1n) is 7.14. The summed E-state index contributed by atoms with van der Waals surface area (Å²) in [6.07, 6.45) is -5.76. The van der Waals surface area contributed by atoms with Crippen LogP contribution >= 0.6 is 0 Å². The number of methoxy groups -OCH3 is 1. The number of halogens is 3. The van der Waals surface area contributed by atoms with Crippen molar-refractivity contribution in [2.75, 3.05) is 20.3 Å². The standard InChI is InChI=1S/C17H17F3O4/c1-22-10-11-23-16(21)14-4-2-12(3-5-14)13-6-8-15(9-7-13)24-17(18,19)20/h2-9,16,21H,10-11H2,1H3. The molecule has 0 bridgehead atoms. The topological polar surface area (TPSA) is 47.9 Å². The summed E-state index contributed by atoms with van der Waals surface area (Å²) in [5.41, 5.74) is 2.10. The molecule has 2 aromatic rings. The number of ether oxygens (including phenoxy) is 3. The Morgan fingerprint density at radius 1 is 0.917 bits per heavy atom. The number of aliphatic hydroxyl groups excluding tert-OH is 1. The second kappa shape index (κ2) is 8.14. The molecule has 0 saturated heterocycles. The molecule has 0 aliphatic heterocycles. The van der Waals surface area contributed by atoms with Crippen LogP contribution in [-0.2, 0) is 9.47 Å². The molecule has 0 aromatic heterocycles. The van der Waals surface area contributed by atoms with Gasteiger partial charge in [0.2, 0.25) is 0 Å². The second-order valence-electron chi connectivity index (χ2n) is 4.91. The zero-order valence-corrected chi connectivity index (χ0v) is 12.9. The molecular weight excluding hydrogens is 325 g/mol. The first-order valence-corrected chi connectivity index (χ1v) is 7.14. The molecular formula is C17H17F3O4. The Labute approximate surface area is 137 Å². The fraction of sp³-hybridized carbons (Fsp3) is 0.294. The van der Waals surface area contributed by atoms with Crippen LogP contribution in [0.5, 0.6) is 5.75 Å². The maximum Gasteiger partial charge on any atom is 0.573 e. The van der Waals surface area contributed by atoms with Gasteiger partial charge in [-0.05, 0) is 23.3 Å². The molecule has 0 heterocycles. The van der Waals surface area contributed by atoms with Gasteiger partial charge >= 0.3 is 6.36 Å². The third-order valence-corrected chi connectivity index (χ3v) is 3.18. The Balaban J connectivity index is 2.02. The average molecular weight is 342 g/mol. The van der Waals surface area contributed by atoms with E-state index in [0.29, 0.717) is 12.2 Å². The van der Waals surface area contributed by atoms with Gasteiger partial charge in [0.1, 0.15) is 5.75 Å². The summed E-state index contributed by atoms with van der Waals surface area (Å²) in [4.78, 5) is 0. The van der Waals surface area contributed by atoms with Gasteiger partial charge in [-0.1, -0.05) is 36.4 Å². The molecule has 1 unspecified atom stereocenters. The normalized spacial score (nSPS) is 12.9. The smallest absolute Gasteiger partial charge is 0.406 e. The van der Waals surface area contributed by atoms with Crippen LogP contribution in [0.15, 0.2) is 48.5 Å². The van der Waals surface area contributed by atoms with Crippen molar-refractivity contribution in [3.63, 3.8) is 0 Å². The third kappa shape index (κ3) is 5.52. The van der Waals surface area contributed by atoms with Gasteiger partial charge in [-0.2, -0.15) is 0 Å². The minimum atomic E-state index is -4.71. The second-order valence-corrected chi connectivity index (χ2v) is 4.91. The van der Waals surface area contributed by atoms with E-state index < -0.39 is 12.7 Å². The fourth-order valence-electron chi connectivity index (χ4n) is 2.03. The number of alkyl halides is 3. The summed E-state index contributed by atoms with van der Waals surface area (Å²) in [6.45, 7) is 0.640. The summed E-state index contributed by atoms with van der Waals surface area (Å²) in [5, 5.41) is 9.85. The molecule has 2 aromatic carbocycles. The van der Waals surface area contributed by atoms with Crippen LogP contribution in [0.2, 0.25) is 0 Å². The summed E-state index contributed by atoms with van der Waals surface area (Å²) < 4.78 is 50.2. The van der Waals surface area contributed by atoms with E-state index in [4.69, 9.17) is 9.47 Å². The van der Waals surface area contributed by atoms with Crippen molar-refractivity contribution in [3.8, 4) is 16.9 Å². The highest BCUT2D eigenvalue weighted by Gasteiger charge is 2.30. The molecule has 24 heavy (non-hydrogen) atoms. The van der Waals surface area contributed by atoms with Crippen molar-refractivity contribution >= 4 is 0 Å². The van der Waals surface area contributed by atoms with Crippen LogP contribution in [0.1, 0.15) is 11.9 Å². The molecule has 0 aliphatic carbocycles. The Morgan fingerprint density at radius 2 is 1.46 bits per heavy atom. The number of aliphatic hydroxyl groups is 1. The fourth-order valence-corrected chi connectivity index (χ4v) is 2.03. The van der Waals surface area contributed by atoms with Gasteiger partial charge in [0.05, 0.1) is 13.2 Å².